The molecule has 1 aromatic rings. The molecule has 7 heteroatoms. The van der Waals surface area contributed by atoms with Crippen LogP contribution in [0, 0.1) is 5.92 Å². The zero-order valence-corrected chi connectivity index (χ0v) is 14.1. The van der Waals surface area contributed by atoms with Crippen LogP contribution < -0.4 is 9.46 Å². The molecule has 1 aromatic carbocycles. The number of carboxylic acids is 1. The summed E-state index contributed by atoms with van der Waals surface area (Å²) in [4.78, 5) is 11.2. The quantitative estimate of drug-likeness (QED) is 0.763. The molecule has 2 N–H and O–H groups in total. The first-order valence-electron chi connectivity index (χ1n) is 7.19. The number of hydrogen-bond acceptors (Lipinski definition) is 4. The summed E-state index contributed by atoms with van der Waals surface area (Å²) in [6, 6.07) is 4.74. The topological polar surface area (TPSA) is 92.7 Å². The summed E-state index contributed by atoms with van der Waals surface area (Å²) >= 11 is 0. The second-order valence-corrected chi connectivity index (χ2v) is 7.17. The molecule has 0 aromatic heterocycles. The van der Waals surface area contributed by atoms with E-state index in [4.69, 9.17) is 4.74 Å². The van der Waals surface area contributed by atoms with Gasteiger partial charge in [0.05, 0.1) is 11.0 Å². The number of carboxylic acid groups (broad SMARTS) is 1. The average Bonchev–Trinajstić information content (AvgIpc) is 2.43. The number of hydrogen-bond donors (Lipinski definition) is 2. The summed E-state index contributed by atoms with van der Waals surface area (Å²) in [5.74, 6) is -0.931. The van der Waals surface area contributed by atoms with Gasteiger partial charge >= 0.3 is 5.97 Å². The van der Waals surface area contributed by atoms with Gasteiger partial charge in [-0.15, -0.1) is 0 Å². The second-order valence-electron chi connectivity index (χ2n) is 5.46. The Morgan fingerprint density at radius 3 is 2.18 bits per heavy atom. The Kier molecular flexibility index (Phi) is 6.37. The fraction of sp³-hybridized carbons (Fsp3) is 0.533. The van der Waals surface area contributed by atoms with E-state index in [1.54, 1.807) is 19.1 Å². The van der Waals surface area contributed by atoms with Crippen molar-refractivity contribution >= 4 is 16.0 Å². The smallest absolute Gasteiger partial charge is 0.322 e. The average molecular weight is 329 g/mol. The van der Waals surface area contributed by atoms with Crippen molar-refractivity contribution < 1.29 is 23.1 Å². The van der Waals surface area contributed by atoms with Gasteiger partial charge in [0.1, 0.15) is 11.8 Å². The minimum absolute atomic E-state index is 0.0117. The molecule has 124 valence electrons. The maximum absolute atomic E-state index is 12.3. The molecule has 22 heavy (non-hydrogen) atoms. The monoisotopic (exact) mass is 329 g/mol. The number of aliphatic carboxylic acids is 1. The zero-order valence-electron chi connectivity index (χ0n) is 13.2. The van der Waals surface area contributed by atoms with Gasteiger partial charge in [0, 0.05) is 0 Å². The Hall–Kier alpha value is -1.60. The fourth-order valence-corrected chi connectivity index (χ4v) is 3.15. The molecule has 1 rings (SSSR count). The van der Waals surface area contributed by atoms with E-state index in [-0.39, 0.29) is 16.9 Å². The largest absolute Gasteiger partial charge is 0.491 e. The number of rotatable bonds is 8. The van der Waals surface area contributed by atoms with Crippen LogP contribution in [0.2, 0.25) is 0 Å². The van der Waals surface area contributed by atoms with Gasteiger partial charge in [-0.2, -0.15) is 4.72 Å². The normalized spacial score (nSPS) is 14.6. The molecule has 0 spiro atoms. The van der Waals surface area contributed by atoms with Gasteiger partial charge in [0.2, 0.25) is 10.0 Å². The van der Waals surface area contributed by atoms with E-state index >= 15 is 0 Å². The minimum atomic E-state index is -3.89. The molecule has 0 fully saturated rings. The highest BCUT2D eigenvalue weighted by Crippen LogP contribution is 2.18. The summed E-state index contributed by atoms with van der Waals surface area (Å²) in [6.07, 6.45) is 0.545. The summed E-state index contributed by atoms with van der Waals surface area (Å²) < 4.78 is 32.3. The lowest BCUT2D eigenvalue weighted by Gasteiger charge is -2.20. The first-order valence-corrected chi connectivity index (χ1v) is 8.67. The number of ether oxygens (including phenoxy) is 1. The van der Waals surface area contributed by atoms with Gasteiger partial charge in [-0.25, -0.2) is 8.42 Å². The fourth-order valence-electron chi connectivity index (χ4n) is 1.85. The summed E-state index contributed by atoms with van der Waals surface area (Å²) in [5, 5.41) is 9.18. The predicted octanol–water partition coefficient (Wildman–Crippen LogP) is 2.25. The van der Waals surface area contributed by atoms with E-state index in [2.05, 4.69) is 4.72 Å². The van der Waals surface area contributed by atoms with E-state index in [9.17, 15) is 18.3 Å². The number of nitrogens with one attached hydrogen (secondary N) is 1. The van der Waals surface area contributed by atoms with Gasteiger partial charge in [-0.1, -0.05) is 20.3 Å². The third-order valence-electron chi connectivity index (χ3n) is 3.27. The first-order chi connectivity index (χ1) is 10.2. The Balaban J connectivity index is 2.96. The Labute approximate surface area is 131 Å². The van der Waals surface area contributed by atoms with Crippen LogP contribution in [0.1, 0.15) is 34.1 Å². The summed E-state index contributed by atoms with van der Waals surface area (Å²) in [7, 11) is -3.89. The van der Waals surface area contributed by atoms with Gasteiger partial charge in [-0.05, 0) is 44.0 Å². The zero-order chi connectivity index (χ0) is 16.9. The molecule has 0 saturated heterocycles. The van der Waals surface area contributed by atoms with E-state index in [0.29, 0.717) is 12.2 Å². The summed E-state index contributed by atoms with van der Waals surface area (Å²) in [6.45, 7) is 7.25. The van der Waals surface area contributed by atoms with Crippen molar-refractivity contribution in [3.8, 4) is 5.75 Å². The molecule has 0 saturated carbocycles. The highest BCUT2D eigenvalue weighted by atomic mass is 32.2. The van der Waals surface area contributed by atoms with Crippen LogP contribution in [0.3, 0.4) is 0 Å². The molecule has 0 amide bonds. The van der Waals surface area contributed by atoms with Crippen LogP contribution in [0.25, 0.3) is 0 Å². The lowest BCUT2D eigenvalue weighted by atomic mass is 10.0. The van der Waals surface area contributed by atoms with E-state index in [0.717, 1.165) is 0 Å². The van der Waals surface area contributed by atoms with Crippen molar-refractivity contribution in [1.29, 1.82) is 0 Å². The van der Waals surface area contributed by atoms with Crippen LogP contribution in [0.5, 0.6) is 5.75 Å². The van der Waals surface area contributed by atoms with Gasteiger partial charge in [0.25, 0.3) is 0 Å². The maximum atomic E-state index is 12.3. The SMILES string of the molecule is CCC(C)C(NS(=O)(=O)c1ccc(OC(C)C)cc1)C(=O)O. The molecule has 0 heterocycles. The highest BCUT2D eigenvalue weighted by molar-refractivity contribution is 7.89. The van der Waals surface area contributed by atoms with Crippen molar-refractivity contribution in [2.75, 3.05) is 0 Å². The van der Waals surface area contributed by atoms with Crippen molar-refractivity contribution in [3.63, 3.8) is 0 Å². The van der Waals surface area contributed by atoms with Crippen molar-refractivity contribution in [3.05, 3.63) is 24.3 Å². The molecular formula is C15H23NO5S. The summed E-state index contributed by atoms with van der Waals surface area (Å²) in [5.41, 5.74) is 0. The molecule has 0 radical (unpaired) electrons. The van der Waals surface area contributed by atoms with Gasteiger partial charge in [0.15, 0.2) is 0 Å². The van der Waals surface area contributed by atoms with Crippen molar-refractivity contribution in [1.82, 2.24) is 4.72 Å². The predicted molar refractivity (Wildman–Crippen MR) is 83.4 cm³/mol. The first kappa shape index (κ1) is 18.4. The molecule has 2 atom stereocenters. The highest BCUT2D eigenvalue weighted by Gasteiger charge is 2.29. The Bertz CT molecular complexity index is 595. The lowest BCUT2D eigenvalue weighted by Crippen LogP contribution is -2.44. The molecule has 0 bridgehead atoms. The van der Waals surface area contributed by atoms with Crippen molar-refractivity contribution in [2.24, 2.45) is 5.92 Å². The number of carbonyl (C=O) groups is 1. The second kappa shape index (κ2) is 7.60. The molecule has 2 unspecified atom stereocenters. The molecule has 0 aliphatic heterocycles. The van der Waals surface area contributed by atoms with E-state index in [1.165, 1.54) is 12.1 Å². The van der Waals surface area contributed by atoms with Crippen LogP contribution in [0.15, 0.2) is 29.2 Å². The van der Waals surface area contributed by atoms with Crippen LogP contribution in [0.4, 0.5) is 0 Å². The van der Waals surface area contributed by atoms with Crippen LogP contribution in [-0.2, 0) is 14.8 Å². The van der Waals surface area contributed by atoms with E-state index < -0.39 is 22.0 Å². The van der Waals surface area contributed by atoms with Crippen molar-refractivity contribution in [2.45, 2.75) is 51.2 Å². The maximum Gasteiger partial charge on any atom is 0.322 e. The van der Waals surface area contributed by atoms with Gasteiger partial charge in [-0.3, -0.25) is 4.79 Å². The molecule has 0 aliphatic carbocycles. The van der Waals surface area contributed by atoms with Gasteiger partial charge < -0.3 is 9.84 Å². The van der Waals surface area contributed by atoms with Crippen LogP contribution in [-0.4, -0.2) is 31.6 Å². The van der Waals surface area contributed by atoms with Crippen LogP contribution >= 0.6 is 0 Å². The molecule has 0 aliphatic rings. The standard InChI is InChI=1S/C15H23NO5S/c1-5-11(4)14(15(17)18)16-22(19,20)13-8-6-12(7-9-13)21-10(2)3/h6-11,14,16H,5H2,1-4H3,(H,17,18). The Morgan fingerprint density at radius 1 is 1.23 bits per heavy atom. The number of benzene rings is 1. The molecule has 6 nitrogen and oxygen atoms in total. The molecular weight excluding hydrogens is 306 g/mol. The lowest BCUT2D eigenvalue weighted by molar-refractivity contribution is -0.140. The number of sulfonamides is 1. The third kappa shape index (κ3) is 4.99. The van der Waals surface area contributed by atoms with E-state index in [1.807, 2.05) is 20.8 Å². The Morgan fingerprint density at radius 2 is 1.77 bits per heavy atom. The third-order valence-corrected chi connectivity index (χ3v) is 4.72. The minimum Gasteiger partial charge on any atom is -0.491 e.